The zero-order chi connectivity index (χ0) is 17.9. The number of hydrogen-bond acceptors (Lipinski definition) is 2. The van der Waals surface area contributed by atoms with Crippen molar-refractivity contribution in [1.29, 1.82) is 0 Å². The molecule has 0 spiro atoms. The van der Waals surface area contributed by atoms with Crippen molar-refractivity contribution < 1.29 is 4.79 Å². The van der Waals surface area contributed by atoms with E-state index in [2.05, 4.69) is 29.2 Å². The highest BCUT2D eigenvalue weighted by atomic mass is 35.5. The van der Waals surface area contributed by atoms with Gasteiger partial charge < -0.3 is 4.90 Å². The van der Waals surface area contributed by atoms with E-state index in [-0.39, 0.29) is 5.91 Å². The molecule has 1 amide bonds. The molecule has 2 aromatic carbocycles. The van der Waals surface area contributed by atoms with E-state index >= 15 is 0 Å². The molecule has 0 bridgehead atoms. The highest BCUT2D eigenvalue weighted by Gasteiger charge is 2.35. The lowest BCUT2D eigenvalue weighted by Crippen LogP contribution is -2.52. The summed E-state index contributed by atoms with van der Waals surface area (Å²) in [5.74, 6) is 0.189. The van der Waals surface area contributed by atoms with E-state index in [1.54, 1.807) is 0 Å². The van der Waals surface area contributed by atoms with Gasteiger partial charge in [-0.25, -0.2) is 0 Å². The van der Waals surface area contributed by atoms with Crippen LogP contribution in [0.15, 0.2) is 54.6 Å². The lowest BCUT2D eigenvalue weighted by Gasteiger charge is -2.38. The topological polar surface area (TPSA) is 23.6 Å². The molecule has 0 atom stereocenters. The van der Waals surface area contributed by atoms with Gasteiger partial charge in [0.1, 0.15) is 0 Å². The largest absolute Gasteiger partial charge is 0.339 e. The van der Waals surface area contributed by atoms with Gasteiger partial charge in [0.05, 0.1) is 5.41 Å². The molecule has 0 unspecified atom stereocenters. The first-order valence-corrected chi connectivity index (χ1v) is 9.16. The van der Waals surface area contributed by atoms with Crippen LogP contribution in [0.5, 0.6) is 0 Å². The third-order valence-corrected chi connectivity index (χ3v) is 5.26. The fraction of sp³-hybridized carbons (Fsp3) is 0.381. The smallest absolute Gasteiger partial charge is 0.232 e. The lowest BCUT2D eigenvalue weighted by molar-refractivity contribution is -0.138. The van der Waals surface area contributed by atoms with E-state index < -0.39 is 5.41 Å². The number of piperazine rings is 1. The Labute approximate surface area is 155 Å². The molecule has 0 N–H and O–H groups in total. The molecule has 0 radical (unpaired) electrons. The normalized spacial score (nSPS) is 16.0. The molecule has 25 heavy (non-hydrogen) atoms. The van der Waals surface area contributed by atoms with Crippen molar-refractivity contribution in [3.05, 3.63) is 70.7 Å². The summed E-state index contributed by atoms with van der Waals surface area (Å²) in [5.41, 5.74) is 1.80. The third-order valence-electron chi connectivity index (χ3n) is 5.01. The van der Waals surface area contributed by atoms with E-state index in [9.17, 15) is 4.79 Å². The van der Waals surface area contributed by atoms with Crippen molar-refractivity contribution in [2.75, 3.05) is 26.2 Å². The van der Waals surface area contributed by atoms with Gasteiger partial charge >= 0.3 is 0 Å². The fourth-order valence-electron chi connectivity index (χ4n) is 3.34. The van der Waals surface area contributed by atoms with E-state index in [0.29, 0.717) is 5.02 Å². The van der Waals surface area contributed by atoms with Crippen LogP contribution < -0.4 is 0 Å². The highest BCUT2D eigenvalue weighted by molar-refractivity contribution is 6.30. The van der Waals surface area contributed by atoms with Crippen LogP contribution in [-0.4, -0.2) is 41.9 Å². The minimum Gasteiger partial charge on any atom is -0.339 e. The molecule has 4 heteroatoms. The summed E-state index contributed by atoms with van der Waals surface area (Å²) in [6.07, 6.45) is 0. The van der Waals surface area contributed by atoms with Gasteiger partial charge in [-0.2, -0.15) is 0 Å². The third kappa shape index (κ3) is 4.23. The maximum absolute atomic E-state index is 13.0. The first-order chi connectivity index (χ1) is 12.0. The number of carbonyl (C=O) groups is 1. The van der Waals surface area contributed by atoms with Gasteiger partial charge in [-0.1, -0.05) is 54.1 Å². The molecule has 0 aromatic heterocycles. The number of rotatable bonds is 4. The first-order valence-electron chi connectivity index (χ1n) is 8.78. The second kappa shape index (κ2) is 7.59. The Morgan fingerprint density at radius 2 is 1.56 bits per heavy atom. The highest BCUT2D eigenvalue weighted by Crippen LogP contribution is 2.27. The summed E-state index contributed by atoms with van der Waals surface area (Å²) in [6.45, 7) is 8.33. The van der Waals surface area contributed by atoms with Crippen LogP contribution in [0.1, 0.15) is 25.0 Å². The van der Waals surface area contributed by atoms with Crippen molar-refractivity contribution in [3.63, 3.8) is 0 Å². The van der Waals surface area contributed by atoms with Gasteiger partial charge in [-0.05, 0) is 37.1 Å². The molecule has 2 aromatic rings. The number of nitrogens with zero attached hydrogens (tertiary/aromatic N) is 2. The Hall–Kier alpha value is -1.84. The van der Waals surface area contributed by atoms with Gasteiger partial charge in [0.15, 0.2) is 0 Å². The van der Waals surface area contributed by atoms with E-state index in [1.807, 2.05) is 49.1 Å². The lowest BCUT2D eigenvalue weighted by atomic mass is 9.83. The quantitative estimate of drug-likeness (QED) is 0.827. The Balaban J connectivity index is 1.60. The molecule has 3 nitrogen and oxygen atoms in total. The van der Waals surface area contributed by atoms with E-state index in [0.717, 1.165) is 38.3 Å². The molecule has 1 aliphatic heterocycles. The molecule has 3 rings (SSSR count). The van der Waals surface area contributed by atoms with E-state index in [4.69, 9.17) is 11.6 Å². The molecule has 0 aliphatic carbocycles. The molecule has 132 valence electrons. The number of halogens is 1. The number of benzene rings is 2. The monoisotopic (exact) mass is 356 g/mol. The van der Waals surface area contributed by atoms with Crippen molar-refractivity contribution >= 4 is 17.5 Å². The predicted molar refractivity (Wildman–Crippen MR) is 103 cm³/mol. The van der Waals surface area contributed by atoms with Gasteiger partial charge in [-0.3, -0.25) is 9.69 Å². The molecule has 1 saturated heterocycles. The van der Waals surface area contributed by atoms with Crippen molar-refractivity contribution in [3.8, 4) is 0 Å². The van der Waals surface area contributed by atoms with Gasteiger partial charge in [0.2, 0.25) is 5.91 Å². The number of hydrogen-bond donors (Lipinski definition) is 0. The second-order valence-corrected chi connectivity index (χ2v) is 7.62. The van der Waals surface area contributed by atoms with Crippen LogP contribution in [0.3, 0.4) is 0 Å². The van der Waals surface area contributed by atoms with Crippen molar-refractivity contribution in [1.82, 2.24) is 9.80 Å². The maximum Gasteiger partial charge on any atom is 0.232 e. The van der Waals surface area contributed by atoms with Gasteiger partial charge in [0, 0.05) is 37.7 Å². The predicted octanol–water partition coefficient (Wildman–Crippen LogP) is 3.96. The SMILES string of the molecule is CC(C)(C(=O)N1CCN(Cc2ccccc2)CC1)c1ccc(Cl)cc1. The average molecular weight is 357 g/mol. The van der Waals surface area contributed by atoms with Crippen molar-refractivity contribution in [2.45, 2.75) is 25.8 Å². The van der Waals surface area contributed by atoms with Crippen molar-refractivity contribution in [2.24, 2.45) is 0 Å². The van der Waals surface area contributed by atoms with Crippen LogP contribution in [0.2, 0.25) is 5.02 Å². The van der Waals surface area contributed by atoms with Crippen LogP contribution in [-0.2, 0) is 16.8 Å². The van der Waals surface area contributed by atoms with Crippen LogP contribution >= 0.6 is 11.6 Å². The average Bonchev–Trinajstić information content (AvgIpc) is 2.63. The minimum atomic E-state index is -0.536. The minimum absolute atomic E-state index is 0.189. The maximum atomic E-state index is 13.0. The summed E-state index contributed by atoms with van der Waals surface area (Å²) in [5, 5.41) is 0.696. The fourth-order valence-corrected chi connectivity index (χ4v) is 3.46. The molecule has 1 heterocycles. The number of carbonyl (C=O) groups excluding carboxylic acids is 1. The van der Waals surface area contributed by atoms with E-state index in [1.165, 1.54) is 5.56 Å². The molecule has 1 aliphatic rings. The Kier molecular flexibility index (Phi) is 5.45. The van der Waals surface area contributed by atoms with Gasteiger partial charge in [0.25, 0.3) is 0 Å². The molecular formula is C21H25ClN2O. The van der Waals surface area contributed by atoms with Crippen LogP contribution in [0, 0.1) is 0 Å². The summed E-state index contributed by atoms with van der Waals surface area (Å²) in [4.78, 5) is 17.5. The Bertz CT molecular complexity index is 704. The summed E-state index contributed by atoms with van der Waals surface area (Å²) in [6, 6.07) is 18.1. The number of amides is 1. The second-order valence-electron chi connectivity index (χ2n) is 7.19. The summed E-state index contributed by atoms with van der Waals surface area (Å²) < 4.78 is 0. The Morgan fingerprint density at radius 3 is 2.16 bits per heavy atom. The summed E-state index contributed by atoms with van der Waals surface area (Å²) in [7, 11) is 0. The molecule has 0 saturated carbocycles. The van der Waals surface area contributed by atoms with Gasteiger partial charge in [-0.15, -0.1) is 0 Å². The molecular weight excluding hydrogens is 332 g/mol. The summed E-state index contributed by atoms with van der Waals surface area (Å²) >= 11 is 5.97. The zero-order valence-corrected chi connectivity index (χ0v) is 15.7. The first kappa shape index (κ1) is 18.0. The molecule has 1 fully saturated rings. The van der Waals surface area contributed by atoms with Crippen LogP contribution in [0.25, 0.3) is 0 Å². The van der Waals surface area contributed by atoms with Crippen LogP contribution in [0.4, 0.5) is 0 Å². The Morgan fingerprint density at radius 1 is 0.960 bits per heavy atom. The zero-order valence-electron chi connectivity index (χ0n) is 14.9. The standard InChI is InChI=1S/C21H25ClN2O/c1-21(2,18-8-10-19(22)11-9-18)20(25)24-14-12-23(13-15-24)16-17-6-4-3-5-7-17/h3-11H,12-16H2,1-2H3.